The predicted octanol–water partition coefficient (Wildman–Crippen LogP) is 2.13. The van der Waals surface area contributed by atoms with Gasteiger partial charge in [0.25, 0.3) is 6.57 Å². The molecule has 0 amide bonds. The molecule has 0 aliphatic rings. The lowest BCUT2D eigenvalue weighted by Crippen LogP contribution is -2.16. The Kier molecular flexibility index (Phi) is 5.02. The van der Waals surface area contributed by atoms with Crippen molar-refractivity contribution in [3.63, 3.8) is 0 Å². The van der Waals surface area contributed by atoms with E-state index in [1.165, 1.54) is 6.92 Å². The summed E-state index contributed by atoms with van der Waals surface area (Å²) in [5.74, 6) is 0.475. The van der Waals surface area contributed by atoms with Gasteiger partial charge in [0.2, 0.25) is 0 Å². The van der Waals surface area contributed by atoms with Crippen LogP contribution in [-0.2, 0) is 16.0 Å². The fraction of sp³-hybridized carbons (Fsp3) is 0.385. The summed E-state index contributed by atoms with van der Waals surface area (Å²) in [6.07, 6.45) is 0.633. The SMILES string of the molecule is C#[N+]C(COC(C)=O)Cc1ccc(OC)cc1. The predicted molar refractivity (Wildman–Crippen MR) is 65.4 cm³/mol. The minimum Gasteiger partial charge on any atom is -0.497 e. The third-order valence-electron chi connectivity index (χ3n) is 2.32. The van der Waals surface area contributed by atoms with Crippen molar-refractivity contribution in [3.05, 3.63) is 34.7 Å². The van der Waals surface area contributed by atoms with Crippen LogP contribution in [0.25, 0.3) is 4.85 Å². The molecular weight excluding hydrogens is 218 g/mol. The van der Waals surface area contributed by atoms with Gasteiger partial charge in [-0.25, -0.2) is 0 Å². The van der Waals surface area contributed by atoms with Gasteiger partial charge in [0.1, 0.15) is 5.75 Å². The van der Waals surface area contributed by atoms with Gasteiger partial charge in [0, 0.05) is 6.92 Å². The van der Waals surface area contributed by atoms with E-state index in [9.17, 15) is 4.79 Å². The second kappa shape index (κ2) is 6.54. The number of carbonyl (C=O) groups excluding carboxylic acids is 1. The van der Waals surface area contributed by atoms with E-state index in [-0.39, 0.29) is 18.6 Å². The summed E-state index contributed by atoms with van der Waals surface area (Å²) in [5.41, 5.74) is 1.07. The maximum absolute atomic E-state index is 10.7. The van der Waals surface area contributed by atoms with E-state index in [1.54, 1.807) is 7.11 Å². The van der Waals surface area contributed by atoms with Crippen LogP contribution in [0, 0.1) is 6.57 Å². The van der Waals surface area contributed by atoms with Crippen LogP contribution in [0.15, 0.2) is 24.3 Å². The summed E-state index contributed by atoms with van der Waals surface area (Å²) in [7, 11) is 1.62. The molecule has 0 bridgehead atoms. The first kappa shape index (κ1) is 13.0. The topological polar surface area (TPSA) is 39.9 Å². The van der Waals surface area contributed by atoms with E-state index in [0.717, 1.165) is 11.3 Å². The first-order chi connectivity index (χ1) is 8.15. The van der Waals surface area contributed by atoms with Gasteiger partial charge >= 0.3 is 12.0 Å². The monoisotopic (exact) mass is 234 g/mol. The molecule has 1 atom stereocenters. The normalized spacial score (nSPS) is 11.4. The highest BCUT2D eigenvalue weighted by Gasteiger charge is 2.18. The van der Waals surface area contributed by atoms with Crippen LogP contribution in [0.2, 0.25) is 0 Å². The Morgan fingerprint density at radius 1 is 1.41 bits per heavy atom. The Bertz CT molecular complexity index is 406. The van der Waals surface area contributed by atoms with E-state index in [2.05, 4.69) is 4.85 Å². The third kappa shape index (κ3) is 4.56. The molecule has 4 heteroatoms. The molecule has 0 aromatic heterocycles. The lowest BCUT2D eigenvalue weighted by atomic mass is 10.1. The molecule has 90 valence electrons. The highest BCUT2D eigenvalue weighted by atomic mass is 16.5. The van der Waals surface area contributed by atoms with E-state index < -0.39 is 0 Å². The highest BCUT2D eigenvalue weighted by molar-refractivity contribution is 5.65. The summed E-state index contributed by atoms with van der Waals surface area (Å²) in [6.45, 7) is 6.84. The number of ether oxygens (including phenoxy) is 2. The zero-order valence-electron chi connectivity index (χ0n) is 10.1. The lowest BCUT2D eigenvalue weighted by Gasteiger charge is -2.04. The number of nitrogens with zero attached hydrogens (tertiary/aromatic N) is 1. The fourth-order valence-corrected chi connectivity index (χ4v) is 1.40. The average molecular weight is 234 g/mol. The van der Waals surface area contributed by atoms with Crippen molar-refractivity contribution >= 4 is 5.97 Å². The summed E-state index contributed by atoms with van der Waals surface area (Å²) < 4.78 is 9.94. The van der Waals surface area contributed by atoms with Crippen LogP contribution in [0.3, 0.4) is 0 Å². The highest BCUT2D eigenvalue weighted by Crippen LogP contribution is 2.13. The summed E-state index contributed by atoms with van der Waals surface area (Å²) in [6, 6.07) is 7.39. The van der Waals surface area contributed by atoms with Gasteiger partial charge in [-0.1, -0.05) is 17.0 Å². The Hall–Kier alpha value is -2.02. The Morgan fingerprint density at radius 2 is 2.06 bits per heavy atom. The molecule has 0 aliphatic carbocycles. The zero-order chi connectivity index (χ0) is 12.7. The van der Waals surface area contributed by atoms with Crippen molar-refractivity contribution < 1.29 is 14.3 Å². The van der Waals surface area contributed by atoms with Gasteiger partial charge in [-0.05, 0) is 17.7 Å². The van der Waals surface area contributed by atoms with E-state index in [0.29, 0.717) is 6.42 Å². The van der Waals surface area contributed by atoms with Crippen molar-refractivity contribution in [1.29, 1.82) is 0 Å². The molecule has 0 saturated heterocycles. The molecule has 0 fully saturated rings. The van der Waals surface area contributed by atoms with Crippen molar-refractivity contribution in [2.24, 2.45) is 0 Å². The number of rotatable bonds is 5. The van der Waals surface area contributed by atoms with Gasteiger partial charge in [-0.3, -0.25) is 4.79 Å². The standard InChI is InChI=1S/C13H16NO3/c1-10(15)17-9-12(14-2)8-11-4-6-13(16-3)7-5-11/h2,4-7,12H,8-9H2,1,3H3/q+1. The number of hydrogen-bond donors (Lipinski definition) is 0. The number of carbonyl (C=O) groups is 1. The number of esters is 1. The van der Waals surface area contributed by atoms with E-state index >= 15 is 0 Å². The van der Waals surface area contributed by atoms with Gasteiger partial charge in [0.05, 0.1) is 13.5 Å². The van der Waals surface area contributed by atoms with Gasteiger partial charge in [0.15, 0.2) is 6.61 Å². The molecule has 1 rings (SSSR count). The van der Waals surface area contributed by atoms with Crippen molar-refractivity contribution in [1.82, 2.24) is 0 Å². The molecule has 0 N–H and O–H groups in total. The molecule has 1 aromatic rings. The molecule has 0 spiro atoms. The molecule has 17 heavy (non-hydrogen) atoms. The molecule has 4 nitrogen and oxygen atoms in total. The van der Waals surface area contributed by atoms with Crippen LogP contribution < -0.4 is 4.74 Å². The fourth-order valence-electron chi connectivity index (χ4n) is 1.40. The summed E-state index contributed by atoms with van der Waals surface area (Å²) in [4.78, 5) is 14.4. The minimum atomic E-state index is -0.326. The number of benzene rings is 1. The Labute approximate surface area is 101 Å². The molecule has 1 aromatic carbocycles. The molecule has 0 heterocycles. The van der Waals surface area contributed by atoms with Crippen LogP contribution in [-0.4, -0.2) is 25.7 Å². The molecule has 0 saturated carbocycles. The summed E-state index contributed by atoms with van der Waals surface area (Å²) in [5, 5.41) is 0. The molecule has 0 radical (unpaired) electrons. The molecular formula is C13H16NO3+. The first-order valence-electron chi connectivity index (χ1n) is 5.32. The lowest BCUT2D eigenvalue weighted by molar-refractivity contribution is -0.141. The second-order valence-electron chi connectivity index (χ2n) is 3.66. The van der Waals surface area contributed by atoms with Gasteiger partial charge in [-0.2, -0.15) is 0 Å². The Balaban J connectivity index is 2.55. The molecule has 0 aliphatic heterocycles. The second-order valence-corrected chi connectivity index (χ2v) is 3.66. The maximum atomic E-state index is 10.7. The maximum Gasteiger partial charge on any atom is 0.309 e. The van der Waals surface area contributed by atoms with Gasteiger partial charge in [-0.15, -0.1) is 0 Å². The van der Waals surface area contributed by atoms with Crippen LogP contribution in [0.5, 0.6) is 5.75 Å². The van der Waals surface area contributed by atoms with Crippen LogP contribution >= 0.6 is 0 Å². The third-order valence-corrected chi connectivity index (χ3v) is 2.32. The number of methoxy groups -OCH3 is 1. The quantitative estimate of drug-likeness (QED) is 0.733. The minimum absolute atomic E-state index is 0.206. The Morgan fingerprint density at radius 3 is 2.53 bits per heavy atom. The van der Waals surface area contributed by atoms with Crippen LogP contribution in [0.4, 0.5) is 0 Å². The zero-order valence-corrected chi connectivity index (χ0v) is 10.1. The largest absolute Gasteiger partial charge is 0.497 e. The van der Waals surface area contributed by atoms with E-state index in [4.69, 9.17) is 16.0 Å². The van der Waals surface area contributed by atoms with Gasteiger partial charge < -0.3 is 9.47 Å². The van der Waals surface area contributed by atoms with Crippen molar-refractivity contribution in [2.75, 3.05) is 13.7 Å². The van der Waals surface area contributed by atoms with Crippen molar-refractivity contribution in [3.8, 4) is 12.3 Å². The molecule has 1 unspecified atom stereocenters. The van der Waals surface area contributed by atoms with Crippen molar-refractivity contribution in [2.45, 2.75) is 19.4 Å². The van der Waals surface area contributed by atoms with Crippen LogP contribution in [0.1, 0.15) is 12.5 Å². The average Bonchev–Trinajstić information content (AvgIpc) is 2.35. The van der Waals surface area contributed by atoms with E-state index in [1.807, 2.05) is 24.3 Å². The first-order valence-corrected chi connectivity index (χ1v) is 5.32. The smallest absolute Gasteiger partial charge is 0.309 e. The number of hydrogen-bond acceptors (Lipinski definition) is 3. The summed E-state index contributed by atoms with van der Waals surface area (Å²) >= 11 is 0.